The Morgan fingerprint density at radius 2 is 1.88 bits per heavy atom. The summed E-state index contributed by atoms with van der Waals surface area (Å²) in [6, 6.07) is 6.65. The van der Waals surface area contributed by atoms with E-state index in [0.717, 1.165) is 4.68 Å². The van der Waals surface area contributed by atoms with Crippen LogP contribution in [0.25, 0.3) is 5.69 Å². The van der Waals surface area contributed by atoms with Crippen molar-refractivity contribution in [2.24, 2.45) is 0 Å². The van der Waals surface area contributed by atoms with E-state index in [1.165, 1.54) is 41.3 Å². The van der Waals surface area contributed by atoms with Gasteiger partial charge in [0, 0.05) is 12.6 Å². The number of carbonyl (C=O) groups excluding carboxylic acids is 1. The summed E-state index contributed by atoms with van der Waals surface area (Å²) in [4.78, 5) is 37.0. The summed E-state index contributed by atoms with van der Waals surface area (Å²) < 4.78 is 14.0. The number of nitrogens with zero attached hydrogens (tertiary/aromatic N) is 3. The molecule has 1 saturated heterocycles. The SMILES string of the molecule is O=C(O)[C@@H]1CCCN1C(=O)c1ccc(=O)n(-c2ccc(F)cc2)n1. The van der Waals surface area contributed by atoms with Gasteiger partial charge in [-0.25, -0.2) is 9.18 Å². The number of carboxylic acid groups (broad SMARTS) is 1. The van der Waals surface area contributed by atoms with Gasteiger partial charge in [-0.1, -0.05) is 0 Å². The molecule has 1 N–H and O–H groups in total. The van der Waals surface area contributed by atoms with Gasteiger partial charge in [0.25, 0.3) is 11.5 Å². The number of rotatable bonds is 3. The number of carbonyl (C=O) groups is 2. The van der Waals surface area contributed by atoms with Crippen molar-refractivity contribution in [1.82, 2.24) is 14.7 Å². The Balaban J connectivity index is 1.96. The molecule has 1 amide bonds. The third-order valence-electron chi connectivity index (χ3n) is 3.89. The highest BCUT2D eigenvalue weighted by molar-refractivity contribution is 5.95. The summed E-state index contributed by atoms with van der Waals surface area (Å²) in [5.74, 6) is -2.07. The fourth-order valence-electron chi connectivity index (χ4n) is 2.71. The summed E-state index contributed by atoms with van der Waals surface area (Å²) in [6.07, 6.45) is 0.985. The van der Waals surface area contributed by atoms with Gasteiger partial charge in [-0.2, -0.15) is 9.78 Å². The van der Waals surface area contributed by atoms with E-state index in [9.17, 15) is 23.9 Å². The first-order valence-corrected chi connectivity index (χ1v) is 7.37. The summed E-state index contributed by atoms with van der Waals surface area (Å²) in [7, 11) is 0. The molecule has 1 aromatic heterocycles. The van der Waals surface area contributed by atoms with Crippen molar-refractivity contribution in [2.75, 3.05) is 6.54 Å². The van der Waals surface area contributed by atoms with Crippen LogP contribution < -0.4 is 5.56 Å². The lowest BCUT2D eigenvalue weighted by atomic mass is 10.2. The first-order chi connectivity index (χ1) is 11.5. The summed E-state index contributed by atoms with van der Waals surface area (Å²) in [5.41, 5.74) is -0.200. The van der Waals surface area contributed by atoms with Gasteiger partial charge in [0.15, 0.2) is 0 Å². The second kappa shape index (κ2) is 6.23. The van der Waals surface area contributed by atoms with E-state index in [-0.39, 0.29) is 5.69 Å². The summed E-state index contributed by atoms with van der Waals surface area (Å²) in [6.45, 7) is 0.327. The van der Waals surface area contributed by atoms with Gasteiger partial charge in [0.05, 0.1) is 5.69 Å². The average Bonchev–Trinajstić information content (AvgIpc) is 3.05. The van der Waals surface area contributed by atoms with E-state index in [1.807, 2.05) is 0 Å². The molecule has 0 spiro atoms. The largest absolute Gasteiger partial charge is 0.480 e. The highest BCUT2D eigenvalue weighted by Gasteiger charge is 2.35. The lowest BCUT2D eigenvalue weighted by molar-refractivity contribution is -0.141. The van der Waals surface area contributed by atoms with Crippen LogP contribution in [0.3, 0.4) is 0 Å². The summed E-state index contributed by atoms with van der Waals surface area (Å²) >= 11 is 0. The molecule has 2 heterocycles. The van der Waals surface area contributed by atoms with Gasteiger partial charge in [-0.15, -0.1) is 0 Å². The normalized spacial score (nSPS) is 17.0. The molecule has 0 bridgehead atoms. The molecule has 1 atom stereocenters. The molecule has 1 aromatic carbocycles. The Labute approximate surface area is 135 Å². The highest BCUT2D eigenvalue weighted by Crippen LogP contribution is 2.19. The van der Waals surface area contributed by atoms with Crippen LogP contribution in [0.4, 0.5) is 4.39 Å². The molecule has 7 nitrogen and oxygen atoms in total. The second-order valence-corrected chi connectivity index (χ2v) is 5.44. The number of carboxylic acids is 1. The van der Waals surface area contributed by atoms with Crippen molar-refractivity contribution in [3.05, 3.63) is 58.3 Å². The van der Waals surface area contributed by atoms with Gasteiger partial charge in [0.2, 0.25) is 0 Å². The quantitative estimate of drug-likeness (QED) is 0.908. The maximum atomic E-state index is 13.0. The van der Waals surface area contributed by atoms with Crippen molar-refractivity contribution in [3.63, 3.8) is 0 Å². The lowest BCUT2D eigenvalue weighted by Crippen LogP contribution is -2.41. The van der Waals surface area contributed by atoms with E-state index in [0.29, 0.717) is 25.1 Å². The molecule has 124 valence electrons. The first-order valence-electron chi connectivity index (χ1n) is 7.37. The molecule has 1 aliphatic heterocycles. The predicted molar refractivity (Wildman–Crippen MR) is 81.5 cm³/mol. The number of hydrogen-bond donors (Lipinski definition) is 1. The van der Waals surface area contributed by atoms with Gasteiger partial charge >= 0.3 is 5.97 Å². The van der Waals surface area contributed by atoms with Crippen LogP contribution in [-0.2, 0) is 4.79 Å². The van der Waals surface area contributed by atoms with Crippen LogP contribution in [0.15, 0.2) is 41.2 Å². The van der Waals surface area contributed by atoms with Crippen molar-refractivity contribution in [2.45, 2.75) is 18.9 Å². The number of aromatic nitrogens is 2. The molecule has 0 unspecified atom stereocenters. The molecule has 24 heavy (non-hydrogen) atoms. The molecule has 1 aliphatic rings. The van der Waals surface area contributed by atoms with Crippen LogP contribution >= 0.6 is 0 Å². The lowest BCUT2D eigenvalue weighted by Gasteiger charge is -2.21. The smallest absolute Gasteiger partial charge is 0.326 e. The minimum atomic E-state index is -1.06. The van der Waals surface area contributed by atoms with Crippen molar-refractivity contribution >= 4 is 11.9 Å². The average molecular weight is 331 g/mol. The Morgan fingerprint density at radius 3 is 2.54 bits per heavy atom. The zero-order valence-electron chi connectivity index (χ0n) is 12.6. The van der Waals surface area contributed by atoms with E-state index in [1.54, 1.807) is 0 Å². The van der Waals surface area contributed by atoms with E-state index in [2.05, 4.69) is 5.10 Å². The van der Waals surface area contributed by atoms with Crippen LogP contribution in [0.5, 0.6) is 0 Å². The van der Waals surface area contributed by atoms with Crippen LogP contribution in [-0.4, -0.2) is 44.3 Å². The third-order valence-corrected chi connectivity index (χ3v) is 3.89. The minimum Gasteiger partial charge on any atom is -0.480 e. The van der Waals surface area contributed by atoms with E-state index < -0.39 is 29.3 Å². The zero-order valence-corrected chi connectivity index (χ0v) is 12.6. The molecule has 0 saturated carbocycles. The number of benzene rings is 1. The fraction of sp³-hybridized carbons (Fsp3) is 0.250. The standard InChI is InChI=1S/C16H14FN3O4/c17-10-3-5-11(6-4-10)20-14(21)8-7-12(18-20)15(22)19-9-1-2-13(19)16(23)24/h3-8,13H,1-2,9H2,(H,23,24)/t13-/m0/s1. The molecular weight excluding hydrogens is 317 g/mol. The molecule has 0 radical (unpaired) electrons. The minimum absolute atomic E-state index is 0.0351. The van der Waals surface area contributed by atoms with Crippen molar-refractivity contribution < 1.29 is 19.1 Å². The molecule has 2 aromatic rings. The monoisotopic (exact) mass is 331 g/mol. The van der Waals surface area contributed by atoms with Crippen LogP contribution in [0, 0.1) is 5.82 Å². The van der Waals surface area contributed by atoms with Crippen molar-refractivity contribution in [3.8, 4) is 5.69 Å². The zero-order chi connectivity index (χ0) is 17.3. The second-order valence-electron chi connectivity index (χ2n) is 5.44. The Morgan fingerprint density at radius 1 is 1.17 bits per heavy atom. The highest BCUT2D eigenvalue weighted by atomic mass is 19.1. The third kappa shape index (κ3) is 2.90. The van der Waals surface area contributed by atoms with Gasteiger partial charge in [0.1, 0.15) is 17.6 Å². The van der Waals surface area contributed by atoms with Crippen LogP contribution in [0.2, 0.25) is 0 Å². The number of hydrogen-bond acceptors (Lipinski definition) is 4. The number of halogens is 1. The van der Waals surface area contributed by atoms with E-state index in [4.69, 9.17) is 0 Å². The molecule has 8 heteroatoms. The summed E-state index contributed by atoms with van der Waals surface area (Å²) in [5, 5.41) is 13.2. The Kier molecular flexibility index (Phi) is 4.11. The van der Waals surface area contributed by atoms with Crippen LogP contribution in [0.1, 0.15) is 23.3 Å². The maximum Gasteiger partial charge on any atom is 0.326 e. The van der Waals surface area contributed by atoms with Gasteiger partial charge in [-0.3, -0.25) is 9.59 Å². The van der Waals surface area contributed by atoms with Gasteiger partial charge in [-0.05, 0) is 43.2 Å². The number of aliphatic carboxylic acids is 1. The fourth-order valence-corrected chi connectivity index (χ4v) is 2.71. The topological polar surface area (TPSA) is 92.5 Å². The number of likely N-dealkylation sites (tertiary alicyclic amines) is 1. The van der Waals surface area contributed by atoms with E-state index >= 15 is 0 Å². The molecule has 3 rings (SSSR count). The Bertz CT molecular complexity index is 847. The number of amides is 1. The predicted octanol–water partition coefficient (Wildman–Crippen LogP) is 1.06. The maximum absolute atomic E-state index is 13.0. The van der Waals surface area contributed by atoms with Gasteiger partial charge < -0.3 is 10.0 Å². The molecule has 0 aliphatic carbocycles. The molecule has 1 fully saturated rings. The Hall–Kier alpha value is -3.03. The first kappa shape index (κ1) is 15.9. The van der Waals surface area contributed by atoms with Crippen molar-refractivity contribution in [1.29, 1.82) is 0 Å². The molecular formula is C16H14FN3O4.